The van der Waals surface area contributed by atoms with E-state index in [1.165, 1.54) is 33.6 Å². The zero-order valence-electron chi connectivity index (χ0n) is 14.6. The maximum Gasteiger partial charge on any atom is 0.359 e. The third-order valence-corrected chi connectivity index (χ3v) is 6.54. The zero-order chi connectivity index (χ0) is 19.1. The van der Waals surface area contributed by atoms with Crippen molar-refractivity contribution in [2.24, 2.45) is 0 Å². The van der Waals surface area contributed by atoms with Crippen molar-refractivity contribution in [1.29, 1.82) is 0 Å². The lowest BCUT2D eigenvalue weighted by atomic mass is 10.2. The minimum atomic E-state index is -4.07. The van der Waals surface area contributed by atoms with Crippen molar-refractivity contribution in [3.63, 3.8) is 0 Å². The minimum absolute atomic E-state index is 0.243. The van der Waals surface area contributed by atoms with Gasteiger partial charge in [-0.15, -0.1) is 0 Å². The van der Waals surface area contributed by atoms with Gasteiger partial charge in [-0.3, -0.25) is 9.13 Å². The van der Waals surface area contributed by atoms with E-state index in [9.17, 15) is 14.6 Å². The molecule has 4 N–H and O–H groups in total. The second-order valence-electron chi connectivity index (χ2n) is 6.48. The number of imidazole rings is 1. The Morgan fingerprint density at radius 1 is 1.46 bits per heavy atom. The first-order chi connectivity index (χ1) is 12.2. The summed E-state index contributed by atoms with van der Waals surface area (Å²) in [5.41, 5.74) is 6.68. The maximum absolute atomic E-state index is 12.3. The Kier molecular flexibility index (Phi) is 5.04. The van der Waals surface area contributed by atoms with Gasteiger partial charge in [-0.1, -0.05) is 0 Å². The van der Waals surface area contributed by atoms with Gasteiger partial charge in [-0.05, 0) is 13.8 Å². The number of fused-ring (bicyclic) bond motifs is 1. The molecule has 1 saturated heterocycles. The number of nitrogens with zero attached hydrogens (tertiary/aromatic N) is 4. The highest BCUT2D eigenvalue weighted by Crippen LogP contribution is 2.55. The molecule has 2 aromatic heterocycles. The van der Waals surface area contributed by atoms with E-state index in [0.29, 0.717) is 11.2 Å². The average Bonchev–Trinajstić information content (AvgIpc) is 3.17. The van der Waals surface area contributed by atoms with Crippen LogP contribution in [0.3, 0.4) is 0 Å². The number of nitrogens with two attached hydrogens (primary N) is 1. The van der Waals surface area contributed by atoms with Crippen molar-refractivity contribution in [3.8, 4) is 0 Å². The Morgan fingerprint density at radius 3 is 2.88 bits per heavy atom. The number of hydrogen-bond acceptors (Lipinski definition) is 9. The van der Waals surface area contributed by atoms with E-state index in [1.54, 1.807) is 4.57 Å². The van der Waals surface area contributed by atoms with E-state index in [1.807, 2.05) is 0 Å². The molecule has 2 unspecified atom stereocenters. The Morgan fingerprint density at radius 2 is 2.19 bits per heavy atom. The van der Waals surface area contributed by atoms with Gasteiger partial charge in [0.15, 0.2) is 16.8 Å². The number of hydrogen-bond donors (Lipinski definition) is 3. The van der Waals surface area contributed by atoms with E-state index >= 15 is 0 Å². The fraction of sp³-hybridized carbons (Fsp3) is 0.643. The minimum Gasteiger partial charge on any atom is -0.390 e. The van der Waals surface area contributed by atoms with Crippen LogP contribution in [-0.2, 0) is 18.6 Å². The summed E-state index contributed by atoms with van der Waals surface area (Å²) in [7, 11) is -2.75. The molecular weight excluding hydrogens is 365 g/mol. The standard InChI is InChI=1S/C14H22N5O6P/c1-14(2,23-3)26(21,22)24-5-9-8(20)4-10(25-9)19-7-18-11-12(15)16-6-17-13(11)19/h6-10,20H,4-5H2,1-3H3,(H,21,22)(H2,15,16,17)/t8-,9+,10?/m0/s1. The molecule has 0 saturated carbocycles. The smallest absolute Gasteiger partial charge is 0.359 e. The van der Waals surface area contributed by atoms with E-state index in [4.69, 9.17) is 19.7 Å². The molecule has 1 aliphatic heterocycles. The van der Waals surface area contributed by atoms with Crippen molar-refractivity contribution < 1.29 is 28.6 Å². The summed E-state index contributed by atoms with van der Waals surface area (Å²) >= 11 is 0. The fourth-order valence-electron chi connectivity index (χ4n) is 2.56. The molecule has 12 heteroatoms. The van der Waals surface area contributed by atoms with E-state index < -0.39 is 31.4 Å². The number of nitrogen functional groups attached to an aromatic ring is 1. The topological polar surface area (TPSA) is 155 Å². The number of ether oxygens (including phenoxy) is 2. The monoisotopic (exact) mass is 387 g/mol. The summed E-state index contributed by atoms with van der Waals surface area (Å²) in [6.45, 7) is 2.64. The fourth-order valence-corrected chi connectivity index (χ4v) is 3.45. The molecular formula is C14H22N5O6P. The van der Waals surface area contributed by atoms with Crippen LogP contribution in [0.1, 0.15) is 26.5 Å². The molecule has 26 heavy (non-hydrogen) atoms. The van der Waals surface area contributed by atoms with Crippen molar-refractivity contribution >= 4 is 24.6 Å². The Balaban J connectivity index is 1.72. The van der Waals surface area contributed by atoms with E-state index in [0.717, 1.165) is 0 Å². The summed E-state index contributed by atoms with van der Waals surface area (Å²) < 4.78 is 29.8. The first-order valence-electron chi connectivity index (χ1n) is 7.95. The van der Waals surface area contributed by atoms with Crippen LogP contribution in [0.4, 0.5) is 5.82 Å². The summed E-state index contributed by atoms with van der Waals surface area (Å²) in [6, 6.07) is 0. The molecule has 144 valence electrons. The highest BCUT2D eigenvalue weighted by atomic mass is 31.2. The third-order valence-electron chi connectivity index (χ3n) is 4.50. The Labute approximate surface area is 149 Å². The molecule has 11 nitrogen and oxygen atoms in total. The Bertz CT molecular complexity index is 842. The molecule has 1 aliphatic rings. The lowest BCUT2D eigenvalue weighted by molar-refractivity contribution is -0.0439. The summed E-state index contributed by atoms with van der Waals surface area (Å²) in [5, 5.41) is 8.87. The van der Waals surface area contributed by atoms with Crippen molar-refractivity contribution in [1.82, 2.24) is 19.5 Å². The van der Waals surface area contributed by atoms with Crippen LogP contribution >= 0.6 is 7.60 Å². The quantitative estimate of drug-likeness (QED) is 0.601. The molecule has 1 fully saturated rings. The SMILES string of the molecule is COC(C)(C)P(=O)(O)OC[C@H]1OC(n2cnc3c(N)ncnc32)C[C@@H]1O. The van der Waals surface area contributed by atoms with Gasteiger partial charge in [0.1, 0.15) is 24.2 Å². The molecule has 3 heterocycles. The number of aromatic nitrogens is 4. The van der Waals surface area contributed by atoms with Crippen molar-refractivity contribution in [2.75, 3.05) is 19.5 Å². The zero-order valence-corrected chi connectivity index (χ0v) is 15.5. The van der Waals surface area contributed by atoms with Crippen LogP contribution in [0.25, 0.3) is 11.2 Å². The van der Waals surface area contributed by atoms with Gasteiger partial charge in [0.25, 0.3) is 0 Å². The first-order valence-corrected chi connectivity index (χ1v) is 9.53. The number of rotatable bonds is 6. The molecule has 3 rings (SSSR count). The number of methoxy groups -OCH3 is 1. The third kappa shape index (κ3) is 3.34. The average molecular weight is 387 g/mol. The maximum atomic E-state index is 12.3. The van der Waals surface area contributed by atoms with Gasteiger partial charge in [-0.25, -0.2) is 15.0 Å². The van der Waals surface area contributed by atoms with Crippen LogP contribution in [0.15, 0.2) is 12.7 Å². The molecule has 0 radical (unpaired) electrons. The van der Waals surface area contributed by atoms with E-state index in [2.05, 4.69) is 15.0 Å². The van der Waals surface area contributed by atoms with Crippen LogP contribution in [0.5, 0.6) is 0 Å². The van der Waals surface area contributed by atoms with Gasteiger partial charge in [0.05, 0.1) is 19.0 Å². The number of aliphatic hydroxyl groups is 1. The molecule has 0 aromatic carbocycles. The molecule has 0 amide bonds. The normalized spacial score (nSPS) is 26.3. The highest BCUT2D eigenvalue weighted by Gasteiger charge is 2.43. The molecule has 0 bridgehead atoms. The number of anilines is 1. The molecule has 0 spiro atoms. The molecule has 2 aromatic rings. The van der Waals surface area contributed by atoms with E-state index in [-0.39, 0.29) is 18.8 Å². The largest absolute Gasteiger partial charge is 0.390 e. The Hall–Kier alpha value is -1.62. The predicted molar refractivity (Wildman–Crippen MR) is 91.1 cm³/mol. The van der Waals surface area contributed by atoms with Gasteiger partial charge in [0, 0.05) is 13.5 Å². The molecule has 4 atom stereocenters. The molecule has 0 aliphatic carbocycles. The van der Waals surface area contributed by atoms with Gasteiger partial charge in [0.2, 0.25) is 0 Å². The lowest BCUT2D eigenvalue weighted by Gasteiger charge is -2.29. The van der Waals surface area contributed by atoms with Crippen molar-refractivity contribution in [2.45, 2.75) is 44.0 Å². The summed E-state index contributed by atoms with van der Waals surface area (Å²) in [5.74, 6) is 0.246. The summed E-state index contributed by atoms with van der Waals surface area (Å²) in [6.07, 6.45) is 0.823. The first kappa shape index (κ1) is 19.2. The summed E-state index contributed by atoms with van der Waals surface area (Å²) in [4.78, 5) is 22.2. The predicted octanol–water partition coefficient (Wildman–Crippen LogP) is 0.641. The van der Waals surface area contributed by atoms with Gasteiger partial charge in [-0.2, -0.15) is 0 Å². The van der Waals surface area contributed by atoms with Crippen LogP contribution in [0.2, 0.25) is 0 Å². The van der Waals surface area contributed by atoms with Gasteiger partial charge >= 0.3 is 7.60 Å². The van der Waals surface area contributed by atoms with Crippen molar-refractivity contribution in [3.05, 3.63) is 12.7 Å². The number of aliphatic hydroxyl groups excluding tert-OH is 1. The van der Waals surface area contributed by atoms with Crippen LogP contribution < -0.4 is 5.73 Å². The van der Waals surface area contributed by atoms with Gasteiger partial charge < -0.3 is 29.7 Å². The van der Waals surface area contributed by atoms with Crippen LogP contribution in [-0.4, -0.2) is 60.8 Å². The lowest BCUT2D eigenvalue weighted by Crippen LogP contribution is -2.30. The second kappa shape index (κ2) is 6.84. The second-order valence-corrected chi connectivity index (χ2v) is 8.86. The van der Waals surface area contributed by atoms with Crippen LogP contribution in [0, 0.1) is 0 Å². The highest BCUT2D eigenvalue weighted by molar-refractivity contribution is 7.54.